The van der Waals surface area contributed by atoms with Crippen molar-refractivity contribution in [3.05, 3.63) is 34.4 Å². The van der Waals surface area contributed by atoms with Gasteiger partial charge in [0.25, 0.3) is 0 Å². The molecule has 2 aliphatic carbocycles. The maximum atomic E-state index is 12.5. The number of hydrogen-bond donors (Lipinski definition) is 1. The van der Waals surface area contributed by atoms with Gasteiger partial charge in [-0.25, -0.2) is 0 Å². The minimum Gasteiger partial charge on any atom is -0.507 e. The SMILES string of the molecule is CC(C)C1Cc2c(cc3c(c2O)C(C)(C)C(=O)C=C3)C1=O. The highest BCUT2D eigenvalue weighted by Gasteiger charge is 2.41. The van der Waals surface area contributed by atoms with Crippen LogP contribution in [-0.2, 0) is 16.6 Å². The van der Waals surface area contributed by atoms with Crippen molar-refractivity contribution in [2.24, 2.45) is 11.8 Å². The Morgan fingerprint density at radius 2 is 1.90 bits per heavy atom. The molecule has 0 fully saturated rings. The van der Waals surface area contributed by atoms with E-state index in [-0.39, 0.29) is 29.2 Å². The third-order valence-electron chi connectivity index (χ3n) is 4.92. The number of fused-ring (bicyclic) bond motifs is 2. The Balaban J connectivity index is 2.24. The molecule has 3 nitrogen and oxygen atoms in total. The lowest BCUT2D eigenvalue weighted by Crippen LogP contribution is -2.31. The van der Waals surface area contributed by atoms with Crippen LogP contribution < -0.4 is 0 Å². The van der Waals surface area contributed by atoms with Gasteiger partial charge in [0.1, 0.15) is 5.75 Å². The Morgan fingerprint density at radius 3 is 2.52 bits per heavy atom. The van der Waals surface area contributed by atoms with E-state index < -0.39 is 5.41 Å². The summed E-state index contributed by atoms with van der Waals surface area (Å²) in [4.78, 5) is 24.6. The smallest absolute Gasteiger partial charge is 0.166 e. The summed E-state index contributed by atoms with van der Waals surface area (Å²) in [5, 5.41) is 10.7. The fourth-order valence-electron chi connectivity index (χ4n) is 3.49. The van der Waals surface area contributed by atoms with Crippen molar-refractivity contribution in [2.75, 3.05) is 0 Å². The highest BCUT2D eigenvalue weighted by atomic mass is 16.3. The van der Waals surface area contributed by atoms with Crippen LogP contribution in [0.25, 0.3) is 6.08 Å². The van der Waals surface area contributed by atoms with Gasteiger partial charge >= 0.3 is 0 Å². The highest BCUT2D eigenvalue weighted by Crippen LogP contribution is 2.46. The van der Waals surface area contributed by atoms with Crippen molar-refractivity contribution in [1.82, 2.24) is 0 Å². The van der Waals surface area contributed by atoms with Crippen molar-refractivity contribution in [1.29, 1.82) is 0 Å². The summed E-state index contributed by atoms with van der Waals surface area (Å²) in [7, 11) is 0. The summed E-state index contributed by atoms with van der Waals surface area (Å²) in [6.07, 6.45) is 3.81. The molecule has 1 aromatic rings. The standard InChI is InChI=1S/C18H20O3/c1-9(2)11-8-13-12(16(11)20)7-10-5-6-14(19)18(3,4)15(10)17(13)21/h5-7,9,11,21H,8H2,1-4H3. The number of hydrogen-bond acceptors (Lipinski definition) is 3. The number of phenols is 1. The van der Waals surface area contributed by atoms with Crippen molar-refractivity contribution >= 4 is 17.6 Å². The first kappa shape index (κ1) is 14.1. The van der Waals surface area contributed by atoms with Crippen molar-refractivity contribution < 1.29 is 14.7 Å². The third kappa shape index (κ3) is 1.80. The van der Waals surface area contributed by atoms with Gasteiger partial charge < -0.3 is 5.11 Å². The molecule has 0 aromatic heterocycles. The van der Waals surface area contributed by atoms with Gasteiger partial charge in [0.05, 0.1) is 5.41 Å². The summed E-state index contributed by atoms with van der Waals surface area (Å²) >= 11 is 0. The number of allylic oxidation sites excluding steroid dienone is 1. The van der Waals surface area contributed by atoms with E-state index in [1.165, 1.54) is 6.08 Å². The van der Waals surface area contributed by atoms with Crippen LogP contribution in [0.5, 0.6) is 5.75 Å². The summed E-state index contributed by atoms with van der Waals surface area (Å²) in [5.41, 5.74) is 2.04. The average molecular weight is 284 g/mol. The van der Waals surface area contributed by atoms with Gasteiger partial charge in [0.15, 0.2) is 11.6 Å². The molecule has 1 N–H and O–H groups in total. The van der Waals surface area contributed by atoms with Crippen molar-refractivity contribution in [3.63, 3.8) is 0 Å². The van der Waals surface area contributed by atoms with Crippen molar-refractivity contribution in [3.8, 4) is 5.75 Å². The molecular formula is C18H20O3. The average Bonchev–Trinajstić information content (AvgIpc) is 2.72. The molecule has 0 heterocycles. The van der Waals surface area contributed by atoms with Gasteiger partial charge in [-0.3, -0.25) is 9.59 Å². The van der Waals surface area contributed by atoms with E-state index in [2.05, 4.69) is 0 Å². The molecule has 2 aliphatic rings. The van der Waals surface area contributed by atoms with E-state index in [1.807, 2.05) is 33.8 Å². The topological polar surface area (TPSA) is 54.4 Å². The second kappa shape index (κ2) is 4.30. The van der Waals surface area contributed by atoms with Gasteiger partial charge in [-0.2, -0.15) is 0 Å². The first-order valence-corrected chi connectivity index (χ1v) is 7.41. The monoisotopic (exact) mass is 284 g/mol. The van der Waals surface area contributed by atoms with E-state index in [4.69, 9.17) is 0 Å². The normalized spacial score (nSPS) is 22.6. The zero-order valence-electron chi connectivity index (χ0n) is 12.9. The van der Waals surface area contributed by atoms with Gasteiger partial charge in [-0.15, -0.1) is 0 Å². The molecule has 1 atom stereocenters. The number of aromatic hydroxyl groups is 1. The van der Waals surface area contributed by atoms with E-state index in [9.17, 15) is 14.7 Å². The van der Waals surface area contributed by atoms with Crippen LogP contribution in [0, 0.1) is 11.8 Å². The van der Waals surface area contributed by atoms with Crippen LogP contribution in [0.15, 0.2) is 12.1 Å². The number of carbonyl (C=O) groups excluding carboxylic acids is 2. The Kier molecular flexibility index (Phi) is 2.88. The van der Waals surface area contributed by atoms with Gasteiger partial charge in [0.2, 0.25) is 0 Å². The van der Waals surface area contributed by atoms with Crippen molar-refractivity contribution in [2.45, 2.75) is 39.5 Å². The third-order valence-corrected chi connectivity index (χ3v) is 4.92. The maximum Gasteiger partial charge on any atom is 0.166 e. The minimum absolute atomic E-state index is 0.0185. The van der Waals surface area contributed by atoms with Crippen LogP contribution in [-0.4, -0.2) is 16.7 Å². The zero-order chi connectivity index (χ0) is 15.5. The second-order valence-electron chi connectivity index (χ2n) is 6.96. The molecule has 3 rings (SSSR count). The van der Waals surface area contributed by atoms with Crippen LogP contribution >= 0.6 is 0 Å². The summed E-state index contributed by atoms with van der Waals surface area (Å²) in [6.45, 7) is 7.69. The quantitative estimate of drug-likeness (QED) is 0.861. The fraction of sp³-hybridized carbons (Fsp3) is 0.444. The molecule has 0 spiro atoms. The van der Waals surface area contributed by atoms with Crippen LogP contribution in [0.4, 0.5) is 0 Å². The summed E-state index contributed by atoms with van der Waals surface area (Å²) < 4.78 is 0. The number of ketones is 2. The van der Waals surface area contributed by atoms with E-state index >= 15 is 0 Å². The van der Waals surface area contributed by atoms with Crippen LogP contribution in [0.2, 0.25) is 0 Å². The Labute approximate surface area is 124 Å². The van der Waals surface area contributed by atoms with E-state index in [0.717, 1.165) is 5.56 Å². The molecule has 110 valence electrons. The Hall–Kier alpha value is -1.90. The Morgan fingerprint density at radius 1 is 1.24 bits per heavy atom. The van der Waals surface area contributed by atoms with Crippen LogP contribution in [0.3, 0.4) is 0 Å². The van der Waals surface area contributed by atoms with Gasteiger partial charge in [-0.05, 0) is 43.9 Å². The number of benzene rings is 1. The predicted octanol–water partition coefficient (Wildman–Crippen LogP) is 3.28. The summed E-state index contributed by atoms with van der Waals surface area (Å²) in [6, 6.07) is 1.85. The van der Waals surface area contributed by atoms with Crippen LogP contribution in [0.1, 0.15) is 54.7 Å². The minimum atomic E-state index is -0.748. The molecule has 21 heavy (non-hydrogen) atoms. The zero-order valence-corrected chi connectivity index (χ0v) is 12.9. The van der Waals surface area contributed by atoms with Gasteiger partial charge in [0, 0.05) is 22.6 Å². The first-order valence-electron chi connectivity index (χ1n) is 7.41. The summed E-state index contributed by atoms with van der Waals surface area (Å²) in [5.74, 6) is 0.405. The lowest BCUT2D eigenvalue weighted by Gasteiger charge is -2.29. The molecule has 3 heteroatoms. The molecule has 0 aliphatic heterocycles. The molecular weight excluding hydrogens is 264 g/mol. The molecule has 0 radical (unpaired) electrons. The maximum absolute atomic E-state index is 12.5. The molecule has 1 unspecified atom stereocenters. The predicted molar refractivity (Wildman–Crippen MR) is 81.5 cm³/mol. The molecule has 0 saturated heterocycles. The number of carbonyl (C=O) groups is 2. The molecule has 0 saturated carbocycles. The lowest BCUT2D eigenvalue weighted by atomic mass is 9.73. The largest absolute Gasteiger partial charge is 0.507 e. The lowest BCUT2D eigenvalue weighted by molar-refractivity contribution is -0.118. The molecule has 1 aromatic carbocycles. The van der Waals surface area contributed by atoms with E-state index in [0.29, 0.717) is 23.1 Å². The molecule has 0 bridgehead atoms. The number of Topliss-reactive ketones (excluding diaryl/α,β-unsaturated/α-hetero) is 1. The Bertz CT molecular complexity index is 693. The van der Waals surface area contributed by atoms with Gasteiger partial charge in [-0.1, -0.05) is 19.9 Å². The number of rotatable bonds is 1. The fourth-order valence-corrected chi connectivity index (χ4v) is 3.49. The second-order valence-corrected chi connectivity index (χ2v) is 6.96. The van der Waals surface area contributed by atoms with E-state index in [1.54, 1.807) is 6.08 Å². The first-order chi connectivity index (χ1) is 9.75. The highest BCUT2D eigenvalue weighted by molar-refractivity contribution is 6.08. The number of phenolic OH excluding ortho intramolecular Hbond substituents is 1. The molecule has 0 amide bonds.